The maximum absolute atomic E-state index is 12.6. The molecule has 0 radical (unpaired) electrons. The highest BCUT2D eigenvalue weighted by Crippen LogP contribution is 2.36. The van der Waals surface area contributed by atoms with Crippen molar-refractivity contribution < 1.29 is 19.1 Å². The Morgan fingerprint density at radius 3 is 2.48 bits per heavy atom. The Balaban J connectivity index is 1.78. The normalized spacial score (nSPS) is 10.7. The number of hydrogen-bond donors (Lipinski definition) is 1. The number of benzene rings is 2. The van der Waals surface area contributed by atoms with Crippen LogP contribution in [-0.4, -0.2) is 25.1 Å². The molecule has 1 heterocycles. The number of carbonyl (C=O) groups is 2. The molecule has 3 aromatic rings. The Labute approximate surface area is 187 Å². The fraction of sp³-hybridized carbons (Fsp3) is 0.280. The van der Waals surface area contributed by atoms with Crippen molar-refractivity contribution in [3.05, 3.63) is 71.3 Å². The summed E-state index contributed by atoms with van der Waals surface area (Å²) in [6.45, 7) is 8.02. The molecule has 1 amide bonds. The molecular weight excluding hydrogens is 410 g/mol. The van der Waals surface area contributed by atoms with Crippen molar-refractivity contribution in [3.8, 4) is 16.2 Å². The minimum atomic E-state index is -0.460. The zero-order valence-electron chi connectivity index (χ0n) is 18.2. The number of ether oxygens (including phenoxy) is 2. The first-order valence-corrected chi connectivity index (χ1v) is 11.1. The van der Waals surface area contributed by atoms with Gasteiger partial charge in [0.25, 0.3) is 5.91 Å². The van der Waals surface area contributed by atoms with E-state index in [1.807, 2.05) is 55.5 Å². The van der Waals surface area contributed by atoms with Crippen LogP contribution in [0.1, 0.15) is 48.2 Å². The van der Waals surface area contributed by atoms with Gasteiger partial charge in [-0.15, -0.1) is 11.3 Å². The lowest BCUT2D eigenvalue weighted by Gasteiger charge is -2.14. The summed E-state index contributed by atoms with van der Waals surface area (Å²) in [7, 11) is 0. The third-order valence-corrected chi connectivity index (χ3v) is 5.79. The van der Waals surface area contributed by atoms with Gasteiger partial charge in [0.1, 0.15) is 10.8 Å². The second-order valence-corrected chi connectivity index (χ2v) is 8.52. The molecule has 0 atom stereocenters. The standard InChI is InChI=1S/C25H27NO4S/c1-5-29-25(28)20-14-22(18-9-7-6-8-10-18)31-24(20)26-23(27)15-30-21-13-17(4)11-12-19(21)16(2)3/h6-14,16H,5,15H2,1-4H3,(H,26,27). The summed E-state index contributed by atoms with van der Waals surface area (Å²) < 4.78 is 11.0. The highest BCUT2D eigenvalue weighted by atomic mass is 32.1. The van der Waals surface area contributed by atoms with Gasteiger partial charge in [-0.2, -0.15) is 0 Å². The largest absolute Gasteiger partial charge is 0.483 e. The van der Waals surface area contributed by atoms with E-state index in [-0.39, 0.29) is 25.0 Å². The van der Waals surface area contributed by atoms with Crippen LogP contribution in [0.5, 0.6) is 5.75 Å². The molecule has 6 heteroatoms. The van der Waals surface area contributed by atoms with Crippen molar-refractivity contribution in [2.75, 3.05) is 18.5 Å². The van der Waals surface area contributed by atoms with E-state index >= 15 is 0 Å². The van der Waals surface area contributed by atoms with E-state index in [1.54, 1.807) is 13.0 Å². The first kappa shape index (κ1) is 22.6. The molecule has 0 unspecified atom stereocenters. The number of carbonyl (C=O) groups excluding carboxylic acids is 2. The van der Waals surface area contributed by atoms with Gasteiger partial charge in [-0.25, -0.2) is 4.79 Å². The third kappa shape index (κ3) is 5.73. The van der Waals surface area contributed by atoms with Crippen LogP contribution < -0.4 is 10.1 Å². The Morgan fingerprint density at radius 1 is 1.06 bits per heavy atom. The molecule has 1 aromatic heterocycles. The zero-order valence-corrected chi connectivity index (χ0v) is 19.0. The number of amides is 1. The van der Waals surface area contributed by atoms with Gasteiger partial charge < -0.3 is 14.8 Å². The predicted molar refractivity (Wildman–Crippen MR) is 125 cm³/mol. The molecule has 0 fully saturated rings. The van der Waals surface area contributed by atoms with Gasteiger partial charge in [-0.3, -0.25) is 4.79 Å². The van der Waals surface area contributed by atoms with E-state index < -0.39 is 5.97 Å². The van der Waals surface area contributed by atoms with Crippen molar-refractivity contribution in [2.24, 2.45) is 0 Å². The quantitative estimate of drug-likeness (QED) is 0.436. The fourth-order valence-electron chi connectivity index (χ4n) is 3.14. The van der Waals surface area contributed by atoms with Crippen molar-refractivity contribution in [2.45, 2.75) is 33.6 Å². The minimum Gasteiger partial charge on any atom is -0.483 e. The highest BCUT2D eigenvalue weighted by Gasteiger charge is 2.20. The Bertz CT molecular complexity index is 1060. The summed E-state index contributed by atoms with van der Waals surface area (Å²) in [5, 5.41) is 3.28. The van der Waals surface area contributed by atoms with Gasteiger partial charge in [-0.1, -0.05) is 56.3 Å². The number of aryl methyl sites for hydroxylation is 1. The molecule has 0 spiro atoms. The summed E-state index contributed by atoms with van der Waals surface area (Å²) in [4.78, 5) is 26.0. The van der Waals surface area contributed by atoms with Crippen LogP contribution in [0.2, 0.25) is 0 Å². The second-order valence-electron chi connectivity index (χ2n) is 7.47. The van der Waals surface area contributed by atoms with Crippen LogP contribution in [0.25, 0.3) is 10.4 Å². The molecule has 2 aromatic carbocycles. The van der Waals surface area contributed by atoms with Crippen molar-refractivity contribution in [3.63, 3.8) is 0 Å². The second kappa shape index (κ2) is 10.3. The van der Waals surface area contributed by atoms with Crippen molar-refractivity contribution in [1.82, 2.24) is 0 Å². The number of anilines is 1. The monoisotopic (exact) mass is 437 g/mol. The molecule has 5 nitrogen and oxygen atoms in total. The Kier molecular flexibility index (Phi) is 7.47. The lowest BCUT2D eigenvalue weighted by Crippen LogP contribution is -2.21. The van der Waals surface area contributed by atoms with E-state index in [9.17, 15) is 9.59 Å². The van der Waals surface area contributed by atoms with Crippen LogP contribution in [0.15, 0.2) is 54.6 Å². The van der Waals surface area contributed by atoms with E-state index in [0.29, 0.717) is 16.3 Å². The zero-order chi connectivity index (χ0) is 22.4. The predicted octanol–water partition coefficient (Wildman–Crippen LogP) is 6.04. The van der Waals surface area contributed by atoms with Gasteiger partial charge in [0.05, 0.1) is 12.2 Å². The maximum atomic E-state index is 12.6. The molecule has 0 bridgehead atoms. The summed E-state index contributed by atoms with van der Waals surface area (Å²) in [5.74, 6) is 0.188. The maximum Gasteiger partial charge on any atom is 0.341 e. The number of rotatable bonds is 8. The summed E-state index contributed by atoms with van der Waals surface area (Å²) >= 11 is 1.34. The first-order valence-electron chi connectivity index (χ1n) is 10.3. The molecule has 31 heavy (non-hydrogen) atoms. The Morgan fingerprint density at radius 2 is 1.81 bits per heavy atom. The number of esters is 1. The molecule has 1 N–H and O–H groups in total. The topological polar surface area (TPSA) is 64.6 Å². The van der Waals surface area contributed by atoms with E-state index in [1.165, 1.54) is 11.3 Å². The molecule has 0 aliphatic rings. The summed E-state index contributed by atoms with van der Waals surface area (Å²) in [5.41, 5.74) is 3.43. The van der Waals surface area contributed by atoms with E-state index in [2.05, 4.69) is 19.2 Å². The lowest BCUT2D eigenvalue weighted by atomic mass is 10.0. The molecule has 0 saturated heterocycles. The summed E-state index contributed by atoms with van der Waals surface area (Å²) in [6, 6.07) is 17.5. The third-order valence-electron chi connectivity index (χ3n) is 4.69. The average molecular weight is 438 g/mol. The SMILES string of the molecule is CCOC(=O)c1cc(-c2ccccc2)sc1NC(=O)COc1cc(C)ccc1C(C)C. The van der Waals surface area contributed by atoms with Crippen molar-refractivity contribution >= 4 is 28.2 Å². The van der Waals surface area contributed by atoms with Gasteiger partial charge in [0.15, 0.2) is 6.61 Å². The van der Waals surface area contributed by atoms with Gasteiger partial charge in [-0.05, 0) is 48.6 Å². The van der Waals surface area contributed by atoms with Crippen molar-refractivity contribution in [1.29, 1.82) is 0 Å². The summed E-state index contributed by atoms with van der Waals surface area (Å²) in [6.07, 6.45) is 0. The van der Waals surface area contributed by atoms with Crippen LogP contribution >= 0.6 is 11.3 Å². The van der Waals surface area contributed by atoms with E-state index in [0.717, 1.165) is 21.6 Å². The number of thiophene rings is 1. The number of nitrogens with one attached hydrogen (secondary N) is 1. The minimum absolute atomic E-state index is 0.149. The van der Waals surface area contributed by atoms with Crippen LogP contribution in [0.3, 0.4) is 0 Å². The van der Waals surface area contributed by atoms with Gasteiger partial charge >= 0.3 is 5.97 Å². The first-order chi connectivity index (χ1) is 14.9. The smallest absolute Gasteiger partial charge is 0.341 e. The van der Waals surface area contributed by atoms with Crippen LogP contribution in [0.4, 0.5) is 5.00 Å². The Hall–Kier alpha value is -3.12. The van der Waals surface area contributed by atoms with Crippen LogP contribution in [-0.2, 0) is 9.53 Å². The molecule has 3 rings (SSSR count). The van der Waals surface area contributed by atoms with Gasteiger partial charge in [0.2, 0.25) is 0 Å². The molecule has 162 valence electrons. The molecule has 0 aliphatic carbocycles. The average Bonchev–Trinajstić information content (AvgIpc) is 3.16. The van der Waals surface area contributed by atoms with Crippen LogP contribution in [0, 0.1) is 6.92 Å². The lowest BCUT2D eigenvalue weighted by molar-refractivity contribution is -0.118. The number of hydrogen-bond acceptors (Lipinski definition) is 5. The molecule has 0 aliphatic heterocycles. The molecule has 0 saturated carbocycles. The van der Waals surface area contributed by atoms with Gasteiger partial charge in [0, 0.05) is 4.88 Å². The fourth-order valence-corrected chi connectivity index (χ4v) is 4.21. The molecular formula is C25H27NO4S. The highest BCUT2D eigenvalue weighted by molar-refractivity contribution is 7.20. The van der Waals surface area contributed by atoms with E-state index in [4.69, 9.17) is 9.47 Å².